The van der Waals surface area contributed by atoms with Crippen molar-refractivity contribution in [3.63, 3.8) is 0 Å². The third kappa shape index (κ3) is 2.00. The first-order valence-corrected chi connectivity index (χ1v) is 5.43. The van der Waals surface area contributed by atoms with Gasteiger partial charge in [0, 0.05) is 5.57 Å². The topological polar surface area (TPSA) is 29.1 Å². The van der Waals surface area contributed by atoms with Crippen LogP contribution in [0.2, 0.25) is 0 Å². The van der Waals surface area contributed by atoms with Gasteiger partial charge in [0.05, 0.1) is 0 Å². The van der Waals surface area contributed by atoms with Gasteiger partial charge in [-0.3, -0.25) is 4.79 Å². The second kappa shape index (κ2) is 3.86. The molecule has 0 atom stereocenters. The van der Waals surface area contributed by atoms with Crippen LogP contribution in [0.15, 0.2) is 47.1 Å². The molecule has 0 aromatic carbocycles. The Hall–Kier alpha value is -1.78. The molecule has 0 aromatic heterocycles. The number of hydrogen-bond acceptors (Lipinski definition) is 1. The van der Waals surface area contributed by atoms with Crippen LogP contribution in [-0.2, 0) is 4.79 Å². The van der Waals surface area contributed by atoms with Gasteiger partial charge >= 0.3 is 6.18 Å². The summed E-state index contributed by atoms with van der Waals surface area (Å²) >= 11 is 0. The third-order valence-electron chi connectivity index (χ3n) is 2.95. The lowest BCUT2D eigenvalue weighted by molar-refractivity contribution is -0.187. The first kappa shape index (κ1) is 12.7. The molecule has 0 aromatic rings. The van der Waals surface area contributed by atoms with E-state index in [4.69, 9.17) is 0 Å². The van der Waals surface area contributed by atoms with Gasteiger partial charge in [-0.25, -0.2) is 0 Å². The van der Waals surface area contributed by atoms with Crippen molar-refractivity contribution in [1.29, 1.82) is 0 Å². The van der Waals surface area contributed by atoms with Crippen LogP contribution < -0.4 is 5.32 Å². The summed E-state index contributed by atoms with van der Waals surface area (Å²) in [4.78, 5) is 11.9. The maximum Gasteiger partial charge on any atom is 0.410 e. The summed E-state index contributed by atoms with van der Waals surface area (Å²) in [6.45, 7) is 1.88. The quantitative estimate of drug-likeness (QED) is 0.807. The van der Waals surface area contributed by atoms with E-state index in [9.17, 15) is 18.0 Å². The Balaban J connectivity index is 2.21. The molecule has 0 bridgehead atoms. The number of nitrogens with one attached hydrogen (secondary N) is 1. The molecule has 0 radical (unpaired) electrons. The molecular weight excluding hydrogens is 243 g/mol. The van der Waals surface area contributed by atoms with Gasteiger partial charge in [-0.15, -0.1) is 0 Å². The van der Waals surface area contributed by atoms with Gasteiger partial charge in [-0.05, 0) is 31.1 Å². The summed E-state index contributed by atoms with van der Waals surface area (Å²) in [6, 6.07) is 0. The average Bonchev–Trinajstić information content (AvgIpc) is 2.73. The van der Waals surface area contributed by atoms with E-state index in [-0.39, 0.29) is 5.57 Å². The second-order valence-corrected chi connectivity index (χ2v) is 4.72. The molecule has 0 unspecified atom stereocenters. The third-order valence-corrected chi connectivity index (χ3v) is 2.95. The maximum atomic E-state index is 12.7. The normalized spacial score (nSPS) is 18.2. The molecule has 1 N–H and O–H groups in total. The largest absolute Gasteiger partial charge is 0.410 e. The lowest BCUT2D eigenvalue weighted by Crippen LogP contribution is -2.54. The highest BCUT2D eigenvalue weighted by atomic mass is 19.4. The maximum absolute atomic E-state index is 12.7. The van der Waals surface area contributed by atoms with Crippen LogP contribution in [0.5, 0.6) is 0 Å². The molecule has 0 aliphatic heterocycles. The molecule has 96 valence electrons. The molecular formula is C13H12F3NO. The molecule has 0 saturated heterocycles. The molecule has 2 aliphatic rings. The second-order valence-electron chi connectivity index (χ2n) is 4.72. The monoisotopic (exact) mass is 255 g/mol. The highest BCUT2D eigenvalue weighted by molar-refractivity contribution is 6.01. The fourth-order valence-electron chi connectivity index (χ4n) is 1.71. The standard InChI is InChI=1S/C13H12F3NO/c1-12(2,13(14,15)16)17-11(18)10-7-6-8-4-3-5-9(8)10/h3-7H,1-2H3,(H,17,18). The van der Waals surface area contributed by atoms with Crippen LogP contribution in [0.1, 0.15) is 13.8 Å². The number of alkyl halides is 3. The Kier molecular flexibility index (Phi) is 2.72. The van der Waals surface area contributed by atoms with Crippen molar-refractivity contribution in [1.82, 2.24) is 5.32 Å². The molecule has 0 heterocycles. The van der Waals surface area contributed by atoms with Gasteiger partial charge in [0.2, 0.25) is 0 Å². The molecule has 2 aliphatic carbocycles. The summed E-state index contributed by atoms with van der Waals surface area (Å²) in [7, 11) is 0. The zero-order chi connectivity index (χ0) is 13.6. The minimum atomic E-state index is -4.49. The smallest absolute Gasteiger partial charge is 0.338 e. The fourth-order valence-corrected chi connectivity index (χ4v) is 1.71. The summed E-state index contributed by atoms with van der Waals surface area (Å²) in [5.41, 5.74) is -0.456. The van der Waals surface area contributed by atoms with Crippen molar-refractivity contribution < 1.29 is 18.0 Å². The summed E-state index contributed by atoms with van der Waals surface area (Å²) in [5, 5.41) is 2.02. The van der Waals surface area contributed by atoms with E-state index in [2.05, 4.69) is 0 Å². The van der Waals surface area contributed by atoms with Crippen molar-refractivity contribution >= 4 is 5.91 Å². The van der Waals surface area contributed by atoms with E-state index in [0.29, 0.717) is 5.57 Å². The van der Waals surface area contributed by atoms with Gasteiger partial charge < -0.3 is 5.32 Å². The van der Waals surface area contributed by atoms with Crippen LogP contribution in [0, 0.1) is 0 Å². The molecule has 2 nitrogen and oxygen atoms in total. The predicted octanol–water partition coefficient (Wildman–Crippen LogP) is 2.81. The van der Waals surface area contributed by atoms with Crippen molar-refractivity contribution in [3.05, 3.63) is 47.1 Å². The Bertz CT molecular complexity index is 519. The van der Waals surface area contributed by atoms with E-state index in [0.717, 1.165) is 19.4 Å². The molecule has 5 heteroatoms. The van der Waals surface area contributed by atoms with Crippen LogP contribution in [0.3, 0.4) is 0 Å². The minimum Gasteiger partial charge on any atom is -0.338 e. The number of allylic oxidation sites excluding steroid dienone is 6. The number of carbonyl (C=O) groups excluding carboxylic acids is 1. The van der Waals surface area contributed by atoms with E-state index in [1.54, 1.807) is 24.3 Å². The first-order valence-electron chi connectivity index (χ1n) is 5.43. The predicted molar refractivity (Wildman–Crippen MR) is 61.7 cm³/mol. The number of fused-ring (bicyclic) bond motifs is 1. The lowest BCUT2D eigenvalue weighted by atomic mass is 10.0. The van der Waals surface area contributed by atoms with Crippen LogP contribution in [-0.4, -0.2) is 17.6 Å². The summed E-state index contributed by atoms with van der Waals surface area (Å²) in [5.74, 6) is -0.710. The number of hydrogen-bond donors (Lipinski definition) is 1. The van der Waals surface area contributed by atoms with Gasteiger partial charge in [0.25, 0.3) is 5.91 Å². The number of halogens is 3. The molecule has 1 amide bonds. The number of carbonyl (C=O) groups is 1. The van der Waals surface area contributed by atoms with Gasteiger partial charge in [-0.1, -0.05) is 24.3 Å². The van der Waals surface area contributed by atoms with Crippen molar-refractivity contribution in [2.75, 3.05) is 0 Å². The lowest BCUT2D eigenvalue weighted by Gasteiger charge is -2.29. The highest BCUT2D eigenvalue weighted by Crippen LogP contribution is 2.32. The SMILES string of the molecule is CC(C)(NC(=O)C1=C2C=CC=C2C=C1)C(F)(F)F. The van der Waals surface area contributed by atoms with Crippen LogP contribution in [0.25, 0.3) is 0 Å². The van der Waals surface area contributed by atoms with Crippen molar-refractivity contribution in [3.8, 4) is 0 Å². The zero-order valence-corrected chi connectivity index (χ0v) is 9.93. The van der Waals surface area contributed by atoms with Crippen molar-refractivity contribution in [2.45, 2.75) is 25.6 Å². The van der Waals surface area contributed by atoms with E-state index in [1.165, 1.54) is 6.08 Å². The first-order chi connectivity index (χ1) is 8.22. The Labute approximate surface area is 103 Å². The number of rotatable bonds is 2. The molecule has 18 heavy (non-hydrogen) atoms. The van der Waals surface area contributed by atoms with E-state index in [1.807, 2.05) is 5.32 Å². The molecule has 0 fully saturated rings. The Morgan fingerprint density at radius 1 is 1.17 bits per heavy atom. The molecule has 0 saturated carbocycles. The Morgan fingerprint density at radius 3 is 2.44 bits per heavy atom. The fraction of sp³-hybridized carbons (Fsp3) is 0.308. The zero-order valence-electron chi connectivity index (χ0n) is 9.93. The number of amides is 1. The van der Waals surface area contributed by atoms with Crippen molar-refractivity contribution in [2.24, 2.45) is 0 Å². The van der Waals surface area contributed by atoms with E-state index >= 15 is 0 Å². The average molecular weight is 255 g/mol. The van der Waals surface area contributed by atoms with Crippen LogP contribution >= 0.6 is 0 Å². The van der Waals surface area contributed by atoms with Gasteiger partial charge in [0.15, 0.2) is 0 Å². The minimum absolute atomic E-state index is 0.271. The van der Waals surface area contributed by atoms with E-state index < -0.39 is 17.6 Å². The van der Waals surface area contributed by atoms with Crippen LogP contribution in [0.4, 0.5) is 13.2 Å². The van der Waals surface area contributed by atoms with Gasteiger partial charge in [0.1, 0.15) is 5.54 Å². The highest BCUT2D eigenvalue weighted by Gasteiger charge is 2.48. The summed E-state index contributed by atoms with van der Waals surface area (Å²) < 4.78 is 38.0. The summed E-state index contributed by atoms with van der Waals surface area (Å²) in [6.07, 6.45) is 4.04. The molecule has 0 spiro atoms. The van der Waals surface area contributed by atoms with Gasteiger partial charge in [-0.2, -0.15) is 13.2 Å². The Morgan fingerprint density at radius 2 is 1.83 bits per heavy atom. The molecule has 2 rings (SSSR count).